The van der Waals surface area contributed by atoms with Gasteiger partial charge >= 0.3 is 6.18 Å². The minimum atomic E-state index is -4.47. The van der Waals surface area contributed by atoms with Crippen LogP contribution in [0.25, 0.3) is 0 Å². The third kappa shape index (κ3) is 3.95. The van der Waals surface area contributed by atoms with Crippen LogP contribution in [-0.4, -0.2) is 12.0 Å². The van der Waals surface area contributed by atoms with Gasteiger partial charge in [-0.2, -0.15) is 18.4 Å². The molecule has 1 unspecified atom stereocenters. The molecule has 0 bridgehead atoms. The highest BCUT2D eigenvalue weighted by atomic mass is 19.4. The van der Waals surface area contributed by atoms with Crippen molar-refractivity contribution in [3.8, 4) is 6.07 Å². The maximum atomic E-state index is 12.8. The van der Waals surface area contributed by atoms with Crippen LogP contribution in [0.1, 0.15) is 33.8 Å². The monoisotopic (exact) mass is 303 g/mol. The molecule has 0 saturated carbocycles. The molecular weight excluding hydrogens is 291 g/mol. The van der Waals surface area contributed by atoms with Crippen molar-refractivity contribution in [3.05, 3.63) is 71.3 Å². The molecule has 0 amide bonds. The van der Waals surface area contributed by atoms with E-state index >= 15 is 0 Å². The van der Waals surface area contributed by atoms with E-state index in [2.05, 4.69) is 0 Å². The van der Waals surface area contributed by atoms with Gasteiger partial charge in [-0.25, -0.2) is 0 Å². The average molecular weight is 303 g/mol. The van der Waals surface area contributed by atoms with Crippen molar-refractivity contribution < 1.29 is 18.0 Å². The Bertz CT molecular complexity index is 702. The number of nitrogens with zero attached hydrogens (tertiary/aromatic N) is 1. The number of alkyl halides is 3. The number of halogens is 3. The summed E-state index contributed by atoms with van der Waals surface area (Å²) >= 11 is 0. The highest BCUT2D eigenvalue weighted by Crippen LogP contribution is 2.34. The first-order valence-corrected chi connectivity index (χ1v) is 6.57. The molecule has 0 saturated heterocycles. The highest BCUT2D eigenvalue weighted by molar-refractivity contribution is 6.01. The molecule has 22 heavy (non-hydrogen) atoms. The van der Waals surface area contributed by atoms with Gasteiger partial charge in [0.05, 0.1) is 24.0 Å². The third-order valence-corrected chi connectivity index (χ3v) is 3.23. The Morgan fingerprint density at radius 3 is 2.36 bits per heavy atom. The van der Waals surface area contributed by atoms with Crippen LogP contribution in [-0.2, 0) is 0 Å². The molecule has 2 nitrogen and oxygen atoms in total. The number of Topliss-reactive ketones (excluding diaryl/α,β-unsaturated/α-hetero) is 1. The quantitative estimate of drug-likeness (QED) is 0.781. The Hall–Kier alpha value is -2.61. The Labute approximate surface area is 125 Å². The lowest BCUT2D eigenvalue weighted by Crippen LogP contribution is -2.21. The number of nitriles is 1. The summed E-state index contributed by atoms with van der Waals surface area (Å²) in [5.41, 5.74) is 0.648. The summed E-state index contributed by atoms with van der Waals surface area (Å²) in [6.45, 7) is 0. The second-order valence-electron chi connectivity index (χ2n) is 4.84. The van der Waals surface area contributed by atoms with Gasteiger partial charge in [0.25, 0.3) is 0 Å². The second kappa shape index (κ2) is 6.44. The molecule has 0 heterocycles. The lowest BCUT2D eigenvalue weighted by Gasteiger charge is -2.18. The lowest BCUT2D eigenvalue weighted by atomic mass is 9.87. The molecule has 0 aliphatic carbocycles. The minimum absolute atomic E-state index is 0.199. The van der Waals surface area contributed by atoms with E-state index in [1.165, 1.54) is 36.4 Å². The molecule has 0 radical (unpaired) electrons. The fraction of sp³-hybridized carbons (Fsp3) is 0.176. The van der Waals surface area contributed by atoms with Crippen LogP contribution >= 0.6 is 0 Å². The molecule has 0 spiro atoms. The van der Waals surface area contributed by atoms with E-state index in [0.29, 0.717) is 0 Å². The van der Waals surface area contributed by atoms with Crippen molar-refractivity contribution in [2.45, 2.75) is 18.5 Å². The molecule has 2 rings (SSSR count). The molecule has 2 aromatic carbocycles. The van der Waals surface area contributed by atoms with Crippen molar-refractivity contribution >= 4 is 5.78 Å². The normalized spacial score (nSPS) is 12.5. The Morgan fingerprint density at radius 2 is 1.77 bits per heavy atom. The predicted octanol–water partition coefficient (Wildman–Crippen LogP) is 4.48. The maximum Gasteiger partial charge on any atom is 0.390 e. The molecule has 0 aliphatic heterocycles. The lowest BCUT2D eigenvalue weighted by molar-refractivity contribution is -0.136. The first kappa shape index (κ1) is 15.8. The molecule has 0 aliphatic rings. The number of carbonyl (C=O) groups excluding carboxylic acids is 1. The minimum Gasteiger partial charge on any atom is -0.293 e. The van der Waals surface area contributed by atoms with E-state index in [1.807, 2.05) is 6.07 Å². The first-order chi connectivity index (χ1) is 10.4. The van der Waals surface area contributed by atoms with Crippen LogP contribution < -0.4 is 0 Å². The summed E-state index contributed by atoms with van der Waals surface area (Å²) in [6.07, 6.45) is -5.73. The maximum absolute atomic E-state index is 12.8. The molecule has 112 valence electrons. The van der Waals surface area contributed by atoms with E-state index in [1.54, 1.807) is 18.2 Å². The zero-order valence-electron chi connectivity index (χ0n) is 11.5. The van der Waals surface area contributed by atoms with Gasteiger partial charge in [-0.05, 0) is 17.7 Å². The number of benzene rings is 2. The standard InChI is InChI=1S/C17H12F3NO/c18-17(19,20)10-15(14-8-4-5-12(9-14)11-21)16(22)13-6-2-1-3-7-13/h1-9,15H,10H2. The molecule has 0 N–H and O–H groups in total. The van der Waals surface area contributed by atoms with Crippen LogP contribution in [0.2, 0.25) is 0 Å². The SMILES string of the molecule is N#Cc1cccc(C(CC(F)(F)F)C(=O)c2ccccc2)c1. The van der Waals surface area contributed by atoms with Crippen LogP contribution in [0.3, 0.4) is 0 Å². The summed E-state index contributed by atoms with van der Waals surface area (Å²) in [4.78, 5) is 12.4. The molecule has 0 fully saturated rings. The summed E-state index contributed by atoms with van der Waals surface area (Å²) in [7, 11) is 0. The van der Waals surface area contributed by atoms with Crippen molar-refractivity contribution in [1.29, 1.82) is 5.26 Å². The molecule has 5 heteroatoms. The van der Waals surface area contributed by atoms with E-state index < -0.39 is 24.3 Å². The zero-order chi connectivity index (χ0) is 16.2. The topological polar surface area (TPSA) is 40.9 Å². The van der Waals surface area contributed by atoms with E-state index in [4.69, 9.17) is 5.26 Å². The summed E-state index contributed by atoms with van der Waals surface area (Å²) in [5.74, 6) is -1.95. The highest BCUT2D eigenvalue weighted by Gasteiger charge is 2.36. The van der Waals surface area contributed by atoms with Gasteiger partial charge in [-0.15, -0.1) is 0 Å². The average Bonchev–Trinajstić information content (AvgIpc) is 2.52. The largest absolute Gasteiger partial charge is 0.390 e. The van der Waals surface area contributed by atoms with Gasteiger partial charge in [0.1, 0.15) is 0 Å². The molecule has 0 aromatic heterocycles. The zero-order valence-corrected chi connectivity index (χ0v) is 11.5. The van der Waals surface area contributed by atoms with Gasteiger partial charge in [-0.3, -0.25) is 4.79 Å². The molecular formula is C17H12F3NO. The number of carbonyl (C=O) groups is 1. The number of ketones is 1. The van der Waals surface area contributed by atoms with Gasteiger partial charge in [0.2, 0.25) is 0 Å². The van der Waals surface area contributed by atoms with E-state index in [0.717, 1.165) is 0 Å². The van der Waals surface area contributed by atoms with Gasteiger partial charge in [-0.1, -0.05) is 42.5 Å². The number of hydrogen-bond acceptors (Lipinski definition) is 2. The summed E-state index contributed by atoms with van der Waals surface area (Å²) in [5, 5.41) is 8.87. The van der Waals surface area contributed by atoms with Gasteiger partial charge < -0.3 is 0 Å². The first-order valence-electron chi connectivity index (χ1n) is 6.57. The van der Waals surface area contributed by atoms with Crippen molar-refractivity contribution in [2.24, 2.45) is 0 Å². The number of hydrogen-bond donors (Lipinski definition) is 0. The van der Waals surface area contributed by atoms with E-state index in [-0.39, 0.29) is 16.7 Å². The van der Waals surface area contributed by atoms with E-state index in [9.17, 15) is 18.0 Å². The Kier molecular flexibility index (Phi) is 4.62. The Balaban J connectivity index is 2.43. The van der Waals surface area contributed by atoms with Crippen molar-refractivity contribution in [3.63, 3.8) is 0 Å². The number of rotatable bonds is 4. The third-order valence-electron chi connectivity index (χ3n) is 3.23. The van der Waals surface area contributed by atoms with Crippen molar-refractivity contribution in [2.75, 3.05) is 0 Å². The smallest absolute Gasteiger partial charge is 0.293 e. The molecule has 2 aromatic rings. The van der Waals surface area contributed by atoms with Crippen molar-refractivity contribution in [1.82, 2.24) is 0 Å². The predicted molar refractivity (Wildman–Crippen MR) is 75.3 cm³/mol. The van der Waals surface area contributed by atoms with Crippen LogP contribution in [0.4, 0.5) is 13.2 Å². The fourth-order valence-corrected chi connectivity index (χ4v) is 2.22. The fourth-order valence-electron chi connectivity index (χ4n) is 2.22. The van der Waals surface area contributed by atoms with Crippen LogP contribution in [0.15, 0.2) is 54.6 Å². The summed E-state index contributed by atoms with van der Waals surface area (Å²) < 4.78 is 38.5. The molecule has 1 atom stereocenters. The van der Waals surface area contributed by atoms with Crippen LogP contribution in [0, 0.1) is 11.3 Å². The van der Waals surface area contributed by atoms with Gasteiger partial charge in [0, 0.05) is 5.56 Å². The van der Waals surface area contributed by atoms with Gasteiger partial charge in [0.15, 0.2) is 5.78 Å². The second-order valence-corrected chi connectivity index (χ2v) is 4.84. The Morgan fingerprint density at radius 1 is 1.09 bits per heavy atom. The van der Waals surface area contributed by atoms with Crippen LogP contribution in [0.5, 0.6) is 0 Å². The summed E-state index contributed by atoms with van der Waals surface area (Å²) in [6, 6.07) is 15.5.